The van der Waals surface area contributed by atoms with E-state index in [2.05, 4.69) is 0 Å². The minimum atomic E-state index is -0.865. The molecular weight excluding hydrogens is 385 g/mol. The van der Waals surface area contributed by atoms with E-state index in [9.17, 15) is 19.1 Å². The Hall–Kier alpha value is -3.67. The Morgan fingerprint density at radius 1 is 1.10 bits per heavy atom. The van der Waals surface area contributed by atoms with E-state index in [1.54, 1.807) is 18.2 Å². The highest BCUT2D eigenvalue weighted by Crippen LogP contribution is 2.40. The van der Waals surface area contributed by atoms with Crippen molar-refractivity contribution in [3.8, 4) is 0 Å². The van der Waals surface area contributed by atoms with Crippen molar-refractivity contribution in [2.24, 2.45) is 0 Å². The molecular formula is C24H20FNO4. The van der Waals surface area contributed by atoms with Gasteiger partial charge in [0, 0.05) is 5.56 Å². The van der Waals surface area contributed by atoms with Crippen molar-refractivity contribution in [1.82, 2.24) is 4.90 Å². The number of halogens is 1. The summed E-state index contributed by atoms with van der Waals surface area (Å²) in [7, 11) is 0. The van der Waals surface area contributed by atoms with Crippen LogP contribution in [0.4, 0.5) is 4.39 Å². The summed E-state index contributed by atoms with van der Waals surface area (Å²) in [5, 5.41) is 11.1. The van der Waals surface area contributed by atoms with Gasteiger partial charge in [0.2, 0.25) is 0 Å². The first-order valence-electron chi connectivity index (χ1n) is 9.50. The lowest BCUT2D eigenvalue weighted by molar-refractivity contribution is -0.140. The molecule has 0 spiro atoms. The summed E-state index contributed by atoms with van der Waals surface area (Å²) >= 11 is 0. The van der Waals surface area contributed by atoms with Crippen molar-refractivity contribution in [3.05, 3.63) is 100 Å². The third-order valence-corrected chi connectivity index (χ3v) is 5.28. The monoisotopic (exact) mass is 405 g/mol. The average molecular weight is 405 g/mol. The third-order valence-electron chi connectivity index (χ3n) is 5.28. The van der Waals surface area contributed by atoms with E-state index >= 15 is 0 Å². The van der Waals surface area contributed by atoms with Crippen LogP contribution in [0.5, 0.6) is 0 Å². The Morgan fingerprint density at radius 2 is 1.83 bits per heavy atom. The number of aliphatic hydroxyl groups excluding tert-OH is 1. The number of hydrogen-bond acceptors (Lipinski definition) is 4. The van der Waals surface area contributed by atoms with Gasteiger partial charge in [-0.15, -0.1) is 0 Å². The standard InChI is InChI=1S/C24H20FNO4/c1-14-5-6-15(2)19(12-14)22(27)20-21(16-7-9-17(25)10-8-16)26(24(29)23(20)28)13-18-4-3-11-30-18/h3-12,21,27H,13H2,1-2H3/b22-20+. The SMILES string of the molecule is Cc1ccc(C)c(/C(O)=C2\C(=O)C(=O)N(Cc3ccco3)C2c2ccc(F)cc2)c1. The van der Waals surface area contributed by atoms with Crippen molar-refractivity contribution in [2.45, 2.75) is 26.4 Å². The summed E-state index contributed by atoms with van der Waals surface area (Å²) in [5.41, 5.74) is 2.66. The Morgan fingerprint density at radius 3 is 2.50 bits per heavy atom. The Labute approximate surface area is 173 Å². The van der Waals surface area contributed by atoms with Gasteiger partial charge in [0.1, 0.15) is 17.3 Å². The molecule has 30 heavy (non-hydrogen) atoms. The van der Waals surface area contributed by atoms with Gasteiger partial charge in [0.25, 0.3) is 11.7 Å². The molecule has 2 aromatic carbocycles. The highest BCUT2D eigenvalue weighted by atomic mass is 19.1. The summed E-state index contributed by atoms with van der Waals surface area (Å²) in [4.78, 5) is 27.2. The molecule has 1 unspecified atom stereocenters. The first kappa shape index (κ1) is 19.6. The minimum absolute atomic E-state index is 0.0214. The molecule has 1 aliphatic heterocycles. The van der Waals surface area contributed by atoms with Gasteiger partial charge in [-0.05, 0) is 55.3 Å². The first-order chi connectivity index (χ1) is 14.4. The van der Waals surface area contributed by atoms with E-state index in [1.807, 2.05) is 26.0 Å². The maximum atomic E-state index is 13.5. The van der Waals surface area contributed by atoms with Gasteiger partial charge in [-0.1, -0.05) is 29.8 Å². The molecule has 0 bridgehead atoms. The van der Waals surface area contributed by atoms with E-state index in [0.29, 0.717) is 16.9 Å². The van der Waals surface area contributed by atoms with Crippen molar-refractivity contribution in [2.75, 3.05) is 0 Å². The second kappa shape index (κ2) is 7.63. The summed E-state index contributed by atoms with van der Waals surface area (Å²) in [6, 6.07) is 13.6. The maximum Gasteiger partial charge on any atom is 0.296 e. The van der Waals surface area contributed by atoms with E-state index < -0.39 is 23.5 Å². The number of ketones is 1. The van der Waals surface area contributed by atoms with Crippen LogP contribution in [0.15, 0.2) is 70.9 Å². The molecule has 0 saturated carbocycles. The van der Waals surface area contributed by atoms with Crippen molar-refractivity contribution >= 4 is 17.4 Å². The van der Waals surface area contributed by atoms with Gasteiger partial charge in [0.05, 0.1) is 24.4 Å². The minimum Gasteiger partial charge on any atom is -0.507 e. The normalized spacial score (nSPS) is 18.2. The number of aliphatic hydroxyl groups is 1. The van der Waals surface area contributed by atoms with Crippen molar-refractivity contribution in [3.63, 3.8) is 0 Å². The van der Waals surface area contributed by atoms with Crippen LogP contribution in [0.3, 0.4) is 0 Å². The van der Waals surface area contributed by atoms with Gasteiger partial charge in [-0.25, -0.2) is 4.39 Å². The topological polar surface area (TPSA) is 70.8 Å². The van der Waals surface area contributed by atoms with E-state index in [4.69, 9.17) is 4.42 Å². The summed E-state index contributed by atoms with van der Waals surface area (Å²) in [6.45, 7) is 3.74. The lowest BCUT2D eigenvalue weighted by Gasteiger charge is -2.24. The number of carbonyl (C=O) groups is 2. The highest BCUT2D eigenvalue weighted by molar-refractivity contribution is 6.46. The number of hydrogen-bond donors (Lipinski definition) is 1. The second-order valence-electron chi connectivity index (χ2n) is 7.38. The van der Waals surface area contributed by atoms with Crippen LogP contribution >= 0.6 is 0 Å². The van der Waals surface area contributed by atoms with Crippen LogP contribution in [-0.2, 0) is 16.1 Å². The smallest absolute Gasteiger partial charge is 0.296 e. The molecule has 1 fully saturated rings. The number of amides is 1. The van der Waals surface area contributed by atoms with Crippen molar-refractivity contribution in [1.29, 1.82) is 0 Å². The van der Waals surface area contributed by atoms with Crippen LogP contribution in [-0.4, -0.2) is 21.7 Å². The lowest BCUT2D eigenvalue weighted by Crippen LogP contribution is -2.29. The van der Waals surface area contributed by atoms with Gasteiger partial charge in [-0.3, -0.25) is 9.59 Å². The molecule has 1 aliphatic rings. The molecule has 6 heteroatoms. The zero-order valence-corrected chi connectivity index (χ0v) is 16.6. The molecule has 3 aromatic rings. The lowest BCUT2D eigenvalue weighted by atomic mass is 9.93. The van der Waals surface area contributed by atoms with Gasteiger partial charge in [-0.2, -0.15) is 0 Å². The fraction of sp³-hybridized carbons (Fsp3) is 0.167. The fourth-order valence-corrected chi connectivity index (χ4v) is 3.74. The highest BCUT2D eigenvalue weighted by Gasteiger charge is 2.46. The van der Waals surface area contributed by atoms with Crippen molar-refractivity contribution < 1.29 is 23.5 Å². The first-order valence-corrected chi connectivity index (χ1v) is 9.50. The molecule has 4 rings (SSSR count). The second-order valence-corrected chi connectivity index (χ2v) is 7.38. The van der Waals surface area contributed by atoms with Gasteiger partial charge in [0.15, 0.2) is 0 Å². The third kappa shape index (κ3) is 3.41. The van der Waals surface area contributed by atoms with E-state index in [1.165, 1.54) is 35.4 Å². The maximum absolute atomic E-state index is 13.5. The molecule has 1 aromatic heterocycles. The summed E-state index contributed by atoms with van der Waals surface area (Å²) in [5.74, 6) is -1.71. The fourth-order valence-electron chi connectivity index (χ4n) is 3.74. The number of aryl methyl sites for hydroxylation is 2. The molecule has 1 amide bonds. The Bertz CT molecular complexity index is 1150. The summed E-state index contributed by atoms with van der Waals surface area (Å²) < 4.78 is 18.9. The number of benzene rings is 2. The predicted octanol–water partition coefficient (Wildman–Crippen LogP) is 4.66. The van der Waals surface area contributed by atoms with E-state index in [-0.39, 0.29) is 17.9 Å². The average Bonchev–Trinajstić information content (AvgIpc) is 3.32. The zero-order chi connectivity index (χ0) is 21.4. The Kier molecular flexibility index (Phi) is 4.99. The predicted molar refractivity (Wildman–Crippen MR) is 109 cm³/mol. The number of Topliss-reactive ketones (excluding diaryl/α,β-unsaturated/α-hetero) is 1. The van der Waals surface area contributed by atoms with Gasteiger partial charge < -0.3 is 14.4 Å². The molecule has 1 saturated heterocycles. The molecule has 2 heterocycles. The molecule has 5 nitrogen and oxygen atoms in total. The number of furan rings is 1. The molecule has 0 radical (unpaired) electrons. The zero-order valence-electron chi connectivity index (χ0n) is 16.6. The number of nitrogens with zero attached hydrogens (tertiary/aromatic N) is 1. The number of likely N-dealkylation sites (tertiary alicyclic amines) is 1. The molecule has 0 aliphatic carbocycles. The van der Waals surface area contributed by atoms with Crippen LogP contribution in [0.1, 0.15) is 34.1 Å². The number of rotatable bonds is 4. The summed E-state index contributed by atoms with van der Waals surface area (Å²) in [6.07, 6.45) is 1.48. The molecule has 1 atom stereocenters. The molecule has 152 valence electrons. The molecule has 1 N–H and O–H groups in total. The largest absolute Gasteiger partial charge is 0.507 e. The van der Waals surface area contributed by atoms with Crippen LogP contribution in [0.2, 0.25) is 0 Å². The van der Waals surface area contributed by atoms with Gasteiger partial charge >= 0.3 is 0 Å². The van der Waals surface area contributed by atoms with Crippen LogP contribution in [0, 0.1) is 19.7 Å². The Balaban J connectivity index is 1.90. The van der Waals surface area contributed by atoms with Crippen LogP contribution in [0.25, 0.3) is 5.76 Å². The quantitative estimate of drug-likeness (QED) is 0.389. The van der Waals surface area contributed by atoms with E-state index in [0.717, 1.165) is 11.1 Å². The van der Waals surface area contributed by atoms with Crippen LogP contribution < -0.4 is 0 Å². The number of carbonyl (C=O) groups excluding carboxylic acids is 2.